The molecule has 0 spiro atoms. The van der Waals surface area contributed by atoms with Gasteiger partial charge in [-0.25, -0.2) is 15.8 Å². The van der Waals surface area contributed by atoms with Crippen molar-refractivity contribution in [2.24, 2.45) is 5.84 Å². The van der Waals surface area contributed by atoms with Crippen molar-refractivity contribution in [1.29, 1.82) is 0 Å². The van der Waals surface area contributed by atoms with Crippen LogP contribution in [0.1, 0.15) is 0 Å². The molecule has 0 unspecified atom stereocenters. The Labute approximate surface area is 97.9 Å². The van der Waals surface area contributed by atoms with Gasteiger partial charge in [0.1, 0.15) is 12.1 Å². The summed E-state index contributed by atoms with van der Waals surface area (Å²) in [6, 6.07) is 11.7. The lowest BCUT2D eigenvalue weighted by molar-refractivity contribution is 1.08. The Bertz CT molecular complexity index is 659. The van der Waals surface area contributed by atoms with Gasteiger partial charge in [0.15, 0.2) is 0 Å². The predicted molar refractivity (Wildman–Crippen MR) is 66.7 cm³/mol. The molecule has 3 N–H and O–H groups in total. The number of aromatic nitrogens is 3. The molecule has 1 aromatic carbocycles. The Morgan fingerprint density at radius 2 is 2.00 bits per heavy atom. The van der Waals surface area contributed by atoms with Crippen molar-refractivity contribution in [2.45, 2.75) is 0 Å². The van der Waals surface area contributed by atoms with Crippen LogP contribution in [-0.4, -0.2) is 14.5 Å². The summed E-state index contributed by atoms with van der Waals surface area (Å²) in [4.78, 5) is 8.42. The first kappa shape index (κ1) is 9.80. The van der Waals surface area contributed by atoms with Gasteiger partial charge in [0.05, 0.1) is 16.7 Å². The molecule has 0 amide bonds. The summed E-state index contributed by atoms with van der Waals surface area (Å²) in [5, 5.41) is 0. The maximum absolute atomic E-state index is 5.35. The molecule has 0 fully saturated rings. The molecule has 17 heavy (non-hydrogen) atoms. The van der Waals surface area contributed by atoms with Gasteiger partial charge in [0.25, 0.3) is 0 Å². The number of nitrogens with zero attached hydrogens (tertiary/aromatic N) is 3. The van der Waals surface area contributed by atoms with Crippen molar-refractivity contribution in [1.82, 2.24) is 14.5 Å². The predicted octanol–water partition coefficient (Wildman–Crippen LogP) is 1.71. The number of hydrazine groups is 1. The van der Waals surface area contributed by atoms with Crippen molar-refractivity contribution >= 4 is 16.9 Å². The largest absolute Gasteiger partial charge is 0.308 e. The fourth-order valence-corrected chi connectivity index (χ4v) is 1.81. The van der Waals surface area contributed by atoms with E-state index in [0.29, 0.717) is 5.82 Å². The number of benzene rings is 1. The van der Waals surface area contributed by atoms with Crippen LogP contribution in [-0.2, 0) is 0 Å². The van der Waals surface area contributed by atoms with Gasteiger partial charge in [-0.05, 0) is 18.2 Å². The molecule has 84 valence electrons. The van der Waals surface area contributed by atoms with Crippen LogP contribution in [0.3, 0.4) is 0 Å². The molecular formula is C12H11N5. The normalized spacial score (nSPS) is 10.6. The van der Waals surface area contributed by atoms with Gasteiger partial charge in [-0.1, -0.05) is 12.1 Å². The topological polar surface area (TPSA) is 68.8 Å². The zero-order valence-electron chi connectivity index (χ0n) is 9.04. The molecule has 5 nitrogen and oxygen atoms in total. The van der Waals surface area contributed by atoms with Crippen molar-refractivity contribution in [3.63, 3.8) is 0 Å². The molecule has 0 saturated carbocycles. The lowest BCUT2D eigenvalue weighted by Crippen LogP contribution is -2.08. The van der Waals surface area contributed by atoms with E-state index in [1.54, 1.807) is 12.5 Å². The van der Waals surface area contributed by atoms with Gasteiger partial charge in [0, 0.05) is 12.3 Å². The Hall–Kier alpha value is -2.40. The van der Waals surface area contributed by atoms with E-state index in [0.717, 1.165) is 16.7 Å². The minimum atomic E-state index is 0.625. The molecular weight excluding hydrogens is 214 g/mol. The van der Waals surface area contributed by atoms with E-state index >= 15 is 0 Å². The van der Waals surface area contributed by atoms with Gasteiger partial charge in [-0.3, -0.25) is 4.57 Å². The van der Waals surface area contributed by atoms with Crippen molar-refractivity contribution in [3.8, 4) is 5.69 Å². The average Bonchev–Trinajstić information content (AvgIpc) is 2.82. The highest BCUT2D eigenvalue weighted by Crippen LogP contribution is 2.18. The number of para-hydroxylation sites is 2. The van der Waals surface area contributed by atoms with E-state index in [-0.39, 0.29) is 0 Å². The molecule has 0 bridgehead atoms. The number of nitrogens with one attached hydrogen (secondary N) is 1. The summed E-state index contributed by atoms with van der Waals surface area (Å²) in [6.45, 7) is 0. The maximum Gasteiger partial charge on any atom is 0.141 e. The summed E-state index contributed by atoms with van der Waals surface area (Å²) < 4.78 is 2.00. The summed E-state index contributed by atoms with van der Waals surface area (Å²) in [6.07, 6.45) is 3.50. The monoisotopic (exact) mass is 225 g/mol. The molecule has 0 atom stereocenters. The first-order valence-corrected chi connectivity index (χ1v) is 5.23. The third kappa shape index (κ3) is 1.62. The highest BCUT2D eigenvalue weighted by atomic mass is 15.2. The van der Waals surface area contributed by atoms with Crippen molar-refractivity contribution < 1.29 is 0 Å². The second-order valence-electron chi connectivity index (χ2n) is 3.65. The van der Waals surface area contributed by atoms with Gasteiger partial charge < -0.3 is 5.43 Å². The number of pyridine rings is 1. The smallest absolute Gasteiger partial charge is 0.141 e. The number of fused-ring (bicyclic) bond motifs is 1. The zero-order chi connectivity index (χ0) is 11.7. The van der Waals surface area contributed by atoms with Crippen LogP contribution in [0, 0.1) is 0 Å². The van der Waals surface area contributed by atoms with Gasteiger partial charge in [-0.2, -0.15) is 0 Å². The molecule has 0 saturated heterocycles. The van der Waals surface area contributed by atoms with Crippen LogP contribution >= 0.6 is 0 Å². The van der Waals surface area contributed by atoms with Gasteiger partial charge in [0.2, 0.25) is 0 Å². The van der Waals surface area contributed by atoms with Crippen LogP contribution in [0.4, 0.5) is 5.82 Å². The zero-order valence-corrected chi connectivity index (χ0v) is 9.04. The minimum absolute atomic E-state index is 0.625. The fraction of sp³-hybridized carbons (Fsp3) is 0. The molecule has 2 aromatic heterocycles. The standard InChI is InChI=1S/C12H11N5/c13-16-12-7-9(5-6-14-12)17-8-15-10-3-1-2-4-11(10)17/h1-8H,13H2,(H,14,16). The number of nitrogen functional groups attached to an aromatic ring is 1. The van der Waals surface area contributed by atoms with Crippen molar-refractivity contribution in [2.75, 3.05) is 5.43 Å². The molecule has 0 aliphatic carbocycles. The van der Waals surface area contributed by atoms with E-state index in [1.807, 2.05) is 41.0 Å². The average molecular weight is 225 g/mol. The molecule has 2 heterocycles. The van der Waals surface area contributed by atoms with Gasteiger partial charge >= 0.3 is 0 Å². The number of hydrogen-bond acceptors (Lipinski definition) is 4. The molecule has 0 aliphatic heterocycles. The third-order valence-corrected chi connectivity index (χ3v) is 2.62. The highest BCUT2D eigenvalue weighted by molar-refractivity contribution is 5.77. The van der Waals surface area contributed by atoms with Crippen LogP contribution in [0.5, 0.6) is 0 Å². The second kappa shape index (κ2) is 3.88. The van der Waals surface area contributed by atoms with Crippen LogP contribution < -0.4 is 11.3 Å². The number of nitrogens with two attached hydrogens (primary N) is 1. The fourth-order valence-electron chi connectivity index (χ4n) is 1.81. The first-order valence-electron chi connectivity index (χ1n) is 5.23. The van der Waals surface area contributed by atoms with Crippen LogP contribution in [0.25, 0.3) is 16.7 Å². The molecule has 5 heteroatoms. The van der Waals surface area contributed by atoms with E-state index < -0.39 is 0 Å². The summed E-state index contributed by atoms with van der Waals surface area (Å²) in [5.41, 5.74) is 5.53. The van der Waals surface area contributed by atoms with E-state index in [1.165, 1.54) is 0 Å². The summed E-state index contributed by atoms with van der Waals surface area (Å²) >= 11 is 0. The maximum atomic E-state index is 5.35. The summed E-state index contributed by atoms with van der Waals surface area (Å²) in [5.74, 6) is 5.97. The number of imidazole rings is 1. The molecule has 0 aliphatic rings. The molecule has 3 aromatic rings. The second-order valence-corrected chi connectivity index (χ2v) is 3.65. The lowest BCUT2D eigenvalue weighted by Gasteiger charge is -2.05. The van der Waals surface area contributed by atoms with E-state index in [4.69, 9.17) is 5.84 Å². The Kier molecular flexibility index (Phi) is 2.23. The first-order chi connectivity index (χ1) is 8.38. The lowest BCUT2D eigenvalue weighted by atomic mass is 10.3. The minimum Gasteiger partial charge on any atom is -0.308 e. The SMILES string of the molecule is NNc1cc(-n2cnc3ccccc32)ccn1. The Balaban J connectivity index is 2.20. The number of rotatable bonds is 2. The molecule has 0 radical (unpaired) electrons. The Morgan fingerprint density at radius 1 is 1.12 bits per heavy atom. The van der Waals surface area contributed by atoms with Crippen molar-refractivity contribution in [3.05, 3.63) is 48.9 Å². The molecule has 3 rings (SSSR count). The Morgan fingerprint density at radius 3 is 2.88 bits per heavy atom. The van der Waals surface area contributed by atoms with E-state index in [9.17, 15) is 0 Å². The van der Waals surface area contributed by atoms with Gasteiger partial charge in [-0.15, -0.1) is 0 Å². The third-order valence-electron chi connectivity index (χ3n) is 2.62. The highest BCUT2D eigenvalue weighted by Gasteiger charge is 2.04. The van der Waals surface area contributed by atoms with E-state index in [2.05, 4.69) is 15.4 Å². The number of anilines is 1. The number of hydrogen-bond donors (Lipinski definition) is 2. The van der Waals surface area contributed by atoms with Crippen LogP contribution in [0.15, 0.2) is 48.9 Å². The summed E-state index contributed by atoms with van der Waals surface area (Å²) in [7, 11) is 0. The quantitative estimate of drug-likeness (QED) is 0.514. The van der Waals surface area contributed by atoms with Crippen LogP contribution in [0.2, 0.25) is 0 Å².